The van der Waals surface area contributed by atoms with Crippen LogP contribution in [0.25, 0.3) is 0 Å². The Hall–Kier alpha value is -1.39. The zero-order chi connectivity index (χ0) is 13.1. The van der Waals surface area contributed by atoms with Gasteiger partial charge < -0.3 is 10.3 Å². The number of rotatable bonds is 4. The lowest BCUT2D eigenvalue weighted by molar-refractivity contribution is 0.618. The van der Waals surface area contributed by atoms with Crippen molar-refractivity contribution in [3.05, 3.63) is 52.8 Å². The summed E-state index contributed by atoms with van der Waals surface area (Å²) in [6.07, 6.45) is 4.29. The maximum Gasteiger partial charge on any atom is 0.142 e. The molecule has 1 unspecified atom stereocenters. The normalized spacial score (nSPS) is 12.7. The molecule has 5 heteroatoms. The summed E-state index contributed by atoms with van der Waals surface area (Å²) in [7, 11) is 0. The van der Waals surface area contributed by atoms with Crippen molar-refractivity contribution < 1.29 is 4.39 Å². The average molecular weight is 268 g/mol. The molecule has 1 heterocycles. The molecule has 0 bridgehead atoms. The Balaban J connectivity index is 2.18. The Kier molecular flexibility index (Phi) is 3.99. The van der Waals surface area contributed by atoms with Crippen molar-refractivity contribution in [2.45, 2.75) is 25.9 Å². The van der Waals surface area contributed by atoms with Gasteiger partial charge in [-0.3, -0.25) is 0 Å². The van der Waals surface area contributed by atoms with Crippen LogP contribution in [0.5, 0.6) is 0 Å². The number of hydrogen-bond acceptors (Lipinski definition) is 2. The molecule has 0 saturated carbocycles. The van der Waals surface area contributed by atoms with Gasteiger partial charge in [-0.15, -0.1) is 0 Å². The van der Waals surface area contributed by atoms with Gasteiger partial charge >= 0.3 is 0 Å². The third-order valence-electron chi connectivity index (χ3n) is 2.64. The Labute approximate surface area is 110 Å². The van der Waals surface area contributed by atoms with E-state index in [4.69, 9.17) is 17.3 Å². The molecular weight excluding hydrogens is 253 g/mol. The zero-order valence-corrected chi connectivity index (χ0v) is 10.9. The minimum atomic E-state index is -0.400. The molecule has 3 nitrogen and oxygen atoms in total. The molecule has 0 saturated heterocycles. The van der Waals surface area contributed by atoms with Crippen LogP contribution in [0, 0.1) is 5.82 Å². The third kappa shape index (κ3) is 3.09. The highest BCUT2D eigenvalue weighted by Crippen LogP contribution is 2.16. The van der Waals surface area contributed by atoms with Crippen molar-refractivity contribution >= 4 is 11.6 Å². The molecule has 18 heavy (non-hydrogen) atoms. The summed E-state index contributed by atoms with van der Waals surface area (Å²) < 4.78 is 15.3. The predicted octanol–water partition coefficient (Wildman–Crippen LogP) is 2.61. The van der Waals surface area contributed by atoms with Gasteiger partial charge in [0.25, 0.3) is 0 Å². The van der Waals surface area contributed by atoms with Crippen LogP contribution < -0.4 is 5.73 Å². The van der Waals surface area contributed by atoms with Crippen LogP contribution in [0.3, 0.4) is 0 Å². The van der Waals surface area contributed by atoms with E-state index >= 15 is 0 Å². The molecular formula is C13H15ClFN3. The molecule has 0 aliphatic rings. The second kappa shape index (κ2) is 5.50. The fourth-order valence-electron chi connectivity index (χ4n) is 1.80. The smallest absolute Gasteiger partial charge is 0.142 e. The summed E-state index contributed by atoms with van der Waals surface area (Å²) >= 11 is 5.65. The maximum absolute atomic E-state index is 13.3. The van der Waals surface area contributed by atoms with Crippen LogP contribution in [0.15, 0.2) is 30.6 Å². The summed E-state index contributed by atoms with van der Waals surface area (Å²) in [5.41, 5.74) is 6.61. The van der Waals surface area contributed by atoms with Crippen molar-refractivity contribution in [1.29, 1.82) is 0 Å². The van der Waals surface area contributed by atoms with Crippen molar-refractivity contribution in [3.8, 4) is 0 Å². The molecule has 0 fully saturated rings. The SMILES string of the molecule is CC(N)Cc1nccn1Cc1ccc(Cl)c(F)c1. The molecule has 1 aromatic heterocycles. The molecule has 2 aromatic rings. The van der Waals surface area contributed by atoms with Crippen molar-refractivity contribution in [1.82, 2.24) is 9.55 Å². The third-order valence-corrected chi connectivity index (χ3v) is 2.95. The number of halogens is 2. The van der Waals surface area contributed by atoms with E-state index < -0.39 is 5.82 Å². The van der Waals surface area contributed by atoms with Crippen LogP contribution in [-0.2, 0) is 13.0 Å². The largest absolute Gasteiger partial charge is 0.330 e. The summed E-state index contributed by atoms with van der Waals surface area (Å²) in [6, 6.07) is 4.86. The number of nitrogens with two attached hydrogens (primary N) is 1. The Bertz CT molecular complexity index is 537. The van der Waals surface area contributed by atoms with E-state index in [2.05, 4.69) is 4.98 Å². The molecule has 1 aromatic carbocycles. The molecule has 2 N–H and O–H groups in total. The Morgan fingerprint density at radius 3 is 2.94 bits per heavy atom. The maximum atomic E-state index is 13.3. The summed E-state index contributed by atoms with van der Waals surface area (Å²) in [5.74, 6) is 0.503. The molecule has 0 radical (unpaired) electrons. The van der Waals surface area contributed by atoms with E-state index in [1.54, 1.807) is 18.3 Å². The van der Waals surface area contributed by atoms with Crippen molar-refractivity contribution in [2.75, 3.05) is 0 Å². The highest BCUT2D eigenvalue weighted by atomic mass is 35.5. The second-order valence-corrected chi connectivity index (χ2v) is 4.81. The van der Waals surface area contributed by atoms with E-state index in [1.807, 2.05) is 17.7 Å². The molecule has 2 rings (SSSR count). The first-order valence-electron chi connectivity index (χ1n) is 5.76. The second-order valence-electron chi connectivity index (χ2n) is 4.40. The topological polar surface area (TPSA) is 43.8 Å². The highest BCUT2D eigenvalue weighted by molar-refractivity contribution is 6.30. The van der Waals surface area contributed by atoms with Gasteiger partial charge in [-0.05, 0) is 24.6 Å². The molecule has 0 aliphatic carbocycles. The van der Waals surface area contributed by atoms with Gasteiger partial charge in [0.15, 0.2) is 0 Å². The van der Waals surface area contributed by atoms with Gasteiger partial charge in [0.1, 0.15) is 11.6 Å². The monoisotopic (exact) mass is 267 g/mol. The Morgan fingerprint density at radius 1 is 1.50 bits per heavy atom. The van der Waals surface area contributed by atoms with Crippen LogP contribution in [-0.4, -0.2) is 15.6 Å². The predicted molar refractivity (Wildman–Crippen MR) is 70.1 cm³/mol. The first-order valence-corrected chi connectivity index (χ1v) is 6.13. The van der Waals surface area contributed by atoms with Gasteiger partial charge in [-0.1, -0.05) is 17.7 Å². The molecule has 0 amide bonds. The standard InChI is InChI=1S/C13H15ClFN3/c1-9(16)6-13-17-4-5-18(13)8-10-2-3-11(14)12(15)7-10/h2-5,7,9H,6,8,16H2,1H3. The number of imidazole rings is 1. The van der Waals surface area contributed by atoms with E-state index in [0.29, 0.717) is 13.0 Å². The van der Waals surface area contributed by atoms with Gasteiger partial charge in [-0.25, -0.2) is 9.37 Å². The van der Waals surface area contributed by atoms with Crippen LogP contribution in [0.1, 0.15) is 18.3 Å². The fraction of sp³-hybridized carbons (Fsp3) is 0.308. The summed E-state index contributed by atoms with van der Waals surface area (Å²) in [5, 5.41) is 0.139. The van der Waals surface area contributed by atoms with Gasteiger partial charge in [0.05, 0.1) is 5.02 Å². The first-order chi connectivity index (χ1) is 8.56. The number of nitrogens with zero attached hydrogens (tertiary/aromatic N) is 2. The number of benzene rings is 1. The lowest BCUT2D eigenvalue weighted by atomic mass is 10.2. The van der Waals surface area contributed by atoms with Crippen LogP contribution >= 0.6 is 11.6 Å². The quantitative estimate of drug-likeness (QED) is 0.925. The van der Waals surface area contributed by atoms with Crippen molar-refractivity contribution in [2.24, 2.45) is 5.73 Å². The minimum Gasteiger partial charge on any atom is -0.330 e. The van der Waals surface area contributed by atoms with E-state index in [1.165, 1.54) is 6.07 Å². The Morgan fingerprint density at radius 2 is 2.28 bits per heavy atom. The van der Waals surface area contributed by atoms with Gasteiger partial charge in [-0.2, -0.15) is 0 Å². The van der Waals surface area contributed by atoms with Gasteiger partial charge in [0.2, 0.25) is 0 Å². The molecule has 96 valence electrons. The molecule has 1 atom stereocenters. The lowest BCUT2D eigenvalue weighted by Gasteiger charge is -2.10. The van der Waals surface area contributed by atoms with Crippen molar-refractivity contribution in [3.63, 3.8) is 0 Å². The number of aromatic nitrogens is 2. The molecule has 0 spiro atoms. The van der Waals surface area contributed by atoms with E-state index in [-0.39, 0.29) is 11.1 Å². The lowest BCUT2D eigenvalue weighted by Crippen LogP contribution is -2.20. The highest BCUT2D eigenvalue weighted by Gasteiger charge is 2.07. The van der Waals surface area contributed by atoms with E-state index in [0.717, 1.165) is 11.4 Å². The summed E-state index contributed by atoms with van der Waals surface area (Å²) in [6.45, 7) is 2.50. The first kappa shape index (κ1) is 13.1. The average Bonchev–Trinajstić information content (AvgIpc) is 2.70. The zero-order valence-electron chi connectivity index (χ0n) is 10.1. The van der Waals surface area contributed by atoms with Crippen LogP contribution in [0.4, 0.5) is 4.39 Å². The minimum absolute atomic E-state index is 0.0492. The molecule has 0 aliphatic heterocycles. The van der Waals surface area contributed by atoms with Gasteiger partial charge in [0, 0.05) is 31.4 Å². The van der Waals surface area contributed by atoms with E-state index in [9.17, 15) is 4.39 Å². The number of hydrogen-bond donors (Lipinski definition) is 1. The summed E-state index contributed by atoms with van der Waals surface area (Å²) in [4.78, 5) is 4.26. The van der Waals surface area contributed by atoms with Crippen LogP contribution in [0.2, 0.25) is 5.02 Å². The fourth-order valence-corrected chi connectivity index (χ4v) is 1.91.